The summed E-state index contributed by atoms with van der Waals surface area (Å²) >= 11 is 10.7. The molecule has 0 aliphatic rings. The fourth-order valence-electron chi connectivity index (χ4n) is 0.129. The summed E-state index contributed by atoms with van der Waals surface area (Å²) < 4.78 is 20.2. The first kappa shape index (κ1) is 8.96. The van der Waals surface area contributed by atoms with E-state index < -0.39 is 15.5 Å². The Balaban J connectivity index is 4.13. The van der Waals surface area contributed by atoms with Gasteiger partial charge in [-0.15, -0.1) is 0 Å². The van der Waals surface area contributed by atoms with Crippen LogP contribution in [0.15, 0.2) is 0 Å². The molecule has 0 aromatic heterocycles. The van der Waals surface area contributed by atoms with Crippen molar-refractivity contribution in [1.82, 2.24) is 0 Å². The van der Waals surface area contributed by atoms with Crippen molar-refractivity contribution in [3.63, 3.8) is 0 Å². The van der Waals surface area contributed by atoms with E-state index in [0.717, 1.165) is 0 Å². The van der Waals surface area contributed by atoms with Crippen molar-refractivity contribution < 1.29 is 8.42 Å². The Bertz CT molecular complexity index is 135. The summed E-state index contributed by atoms with van der Waals surface area (Å²) in [6.07, 6.45) is 0.356. The number of thiol groups is 1. The van der Waals surface area contributed by atoms with Gasteiger partial charge in [0, 0.05) is 0 Å². The molecule has 0 N–H and O–H groups in total. The molecule has 0 unspecified atom stereocenters. The van der Waals surface area contributed by atoms with E-state index >= 15 is 0 Å². The summed E-state index contributed by atoms with van der Waals surface area (Å²) in [4.78, 5) is 0. The molecule has 0 saturated heterocycles. The Morgan fingerprint density at radius 3 is 1.88 bits per heavy atom. The molecule has 52 valence electrons. The molecule has 0 rings (SSSR count). The zero-order chi connectivity index (χ0) is 6.78. The molecule has 0 fully saturated rings. The Kier molecular flexibility index (Phi) is 3.60. The van der Waals surface area contributed by atoms with Crippen LogP contribution in [-0.4, -0.2) is 14.6 Å². The van der Waals surface area contributed by atoms with Gasteiger partial charge in [-0.2, -0.15) is 0 Å². The minimum absolute atomic E-state index is 0.356. The van der Waals surface area contributed by atoms with E-state index in [4.69, 9.17) is 22.5 Å². The first-order valence-corrected chi connectivity index (χ1v) is 8.28. The van der Waals surface area contributed by atoms with Crippen LogP contribution < -0.4 is 0 Å². The van der Waals surface area contributed by atoms with E-state index in [1.807, 2.05) is 0 Å². The quantitative estimate of drug-likeness (QED) is 0.538. The van der Waals surface area contributed by atoms with Gasteiger partial charge in [0.25, 0.3) is 0 Å². The summed E-state index contributed by atoms with van der Waals surface area (Å²) in [6, 6.07) is 0. The fourth-order valence-corrected chi connectivity index (χ4v) is 1.16. The average Bonchev–Trinajstić information content (AvgIpc) is 1.67. The van der Waals surface area contributed by atoms with Crippen molar-refractivity contribution in [2.24, 2.45) is 0 Å². The predicted octanol–water partition coefficient (Wildman–Crippen LogP) is 1.59. The van der Waals surface area contributed by atoms with Gasteiger partial charge in [0.05, 0.1) is 0 Å². The molecule has 0 spiro atoms. The van der Waals surface area contributed by atoms with Crippen LogP contribution in [0.1, 0.15) is 6.92 Å². The van der Waals surface area contributed by atoms with Crippen LogP contribution in [0, 0.1) is 0 Å². The summed E-state index contributed by atoms with van der Waals surface area (Å²) in [5, 5.41) is -2.86. The molecule has 0 saturated carbocycles. The second-order valence-corrected chi connectivity index (χ2v) is 13.2. The average molecular weight is 197 g/mol. The Labute approximate surface area is 59.8 Å². The van der Waals surface area contributed by atoms with Gasteiger partial charge < -0.3 is 0 Å². The molecule has 0 aliphatic carbocycles. The predicted molar refractivity (Wildman–Crippen MR) is 40.9 cm³/mol. The van der Waals surface area contributed by atoms with Crippen LogP contribution >= 0.6 is 27.7 Å². The van der Waals surface area contributed by atoms with E-state index in [2.05, 4.69) is 0 Å². The third-order valence-electron chi connectivity index (χ3n) is 0.692. The van der Waals surface area contributed by atoms with Crippen LogP contribution in [0.3, 0.4) is 0 Å². The summed E-state index contributed by atoms with van der Waals surface area (Å²) in [6.45, 7) is 1.66. The van der Waals surface area contributed by atoms with Crippen LogP contribution in [0.4, 0.5) is 0 Å². The van der Waals surface area contributed by atoms with Crippen molar-refractivity contribution >= 4 is 38.0 Å². The monoisotopic (exact) mass is 196 g/mol. The van der Waals surface area contributed by atoms with Crippen molar-refractivity contribution in [2.45, 2.75) is 6.92 Å². The van der Waals surface area contributed by atoms with Gasteiger partial charge in [-0.05, 0) is 0 Å². The molecule has 0 heterocycles. The van der Waals surface area contributed by atoms with Gasteiger partial charge in [0.15, 0.2) is 0 Å². The van der Waals surface area contributed by atoms with E-state index in [1.54, 1.807) is 6.92 Å². The normalized spacial score (nSPS) is 14.5. The Morgan fingerprint density at radius 2 is 1.88 bits per heavy atom. The van der Waals surface area contributed by atoms with Crippen LogP contribution in [0.25, 0.3) is 0 Å². The molecule has 0 amide bonds. The number of hydrogen-bond donors (Lipinski definition) is 1. The first-order valence-electron chi connectivity index (χ1n) is 2.03. The van der Waals surface area contributed by atoms with Crippen molar-refractivity contribution in [3.05, 3.63) is 0 Å². The zero-order valence-electron chi connectivity index (χ0n) is 4.23. The van der Waals surface area contributed by atoms with Crippen molar-refractivity contribution in [2.75, 3.05) is 6.16 Å². The van der Waals surface area contributed by atoms with Gasteiger partial charge in [-0.3, -0.25) is 0 Å². The molecular weight excluding hydrogens is 190 g/mol. The van der Waals surface area contributed by atoms with Crippen LogP contribution in [0.2, 0.25) is 0 Å². The van der Waals surface area contributed by atoms with Crippen molar-refractivity contribution in [3.8, 4) is 0 Å². The molecule has 0 radical (unpaired) electrons. The zero-order valence-corrected chi connectivity index (χ0v) is 7.63. The van der Waals surface area contributed by atoms with Crippen molar-refractivity contribution in [1.29, 1.82) is 0 Å². The Hall–Kier alpha value is 0.960. The third-order valence-corrected chi connectivity index (χ3v) is 8.72. The molecule has 0 bridgehead atoms. The van der Waals surface area contributed by atoms with Gasteiger partial charge in [-0.25, -0.2) is 0 Å². The van der Waals surface area contributed by atoms with Gasteiger partial charge in [0.2, 0.25) is 0 Å². The maximum absolute atomic E-state index is 10.1. The van der Waals surface area contributed by atoms with E-state index in [1.165, 1.54) is 0 Å². The second kappa shape index (κ2) is 3.21. The van der Waals surface area contributed by atoms with E-state index in [0.29, 0.717) is 6.16 Å². The molecule has 6 heteroatoms. The molecule has 0 aromatic rings. The van der Waals surface area contributed by atoms with E-state index in [9.17, 15) is 8.42 Å². The summed E-state index contributed by atoms with van der Waals surface area (Å²) in [7, 11) is -2.57. The standard InChI is InChI=1S/C2H7Cl2O2PS/c1-2-7(3,4)8(5)6/h7-8H,2H2,1H3. The molecule has 2 nitrogen and oxygen atoms in total. The molecule has 8 heavy (non-hydrogen) atoms. The summed E-state index contributed by atoms with van der Waals surface area (Å²) in [5.41, 5.74) is 0. The van der Waals surface area contributed by atoms with Crippen LogP contribution in [-0.2, 0) is 10.3 Å². The third kappa shape index (κ3) is 2.49. The SMILES string of the molecule is CC[PH](Cl)(Cl)[SH](=O)=O. The van der Waals surface area contributed by atoms with Gasteiger partial charge in [0.1, 0.15) is 0 Å². The number of hydrogen-bond acceptors (Lipinski definition) is 2. The summed E-state index contributed by atoms with van der Waals surface area (Å²) in [5.74, 6) is 0. The maximum atomic E-state index is 10.1. The van der Waals surface area contributed by atoms with Gasteiger partial charge in [-0.1, -0.05) is 0 Å². The van der Waals surface area contributed by atoms with Gasteiger partial charge >= 0.3 is 59.5 Å². The molecule has 0 atom stereocenters. The number of halogens is 2. The first-order chi connectivity index (χ1) is 3.50. The fraction of sp³-hybridized carbons (Fsp3) is 1.00. The van der Waals surface area contributed by atoms with Crippen LogP contribution in [0.5, 0.6) is 0 Å². The number of rotatable bonds is 2. The van der Waals surface area contributed by atoms with E-state index in [-0.39, 0.29) is 0 Å². The second-order valence-electron chi connectivity index (χ2n) is 1.28. The molecule has 0 aliphatic heterocycles. The Morgan fingerprint density at radius 1 is 1.50 bits per heavy atom. The topological polar surface area (TPSA) is 34.1 Å². The molecular formula is C2H7Cl2O2PS. The molecule has 0 aromatic carbocycles. The minimum atomic E-state index is -2.86.